The van der Waals surface area contributed by atoms with Crippen molar-refractivity contribution >= 4 is 40.8 Å². The molecule has 1 heterocycles. The molecule has 148 valence electrons. The van der Waals surface area contributed by atoms with Crippen LogP contribution in [0.1, 0.15) is 10.4 Å². The third-order valence-electron chi connectivity index (χ3n) is 4.90. The first-order valence-electron chi connectivity index (χ1n) is 9.57. The summed E-state index contributed by atoms with van der Waals surface area (Å²) in [6.45, 7) is 3.16. The lowest BCUT2D eigenvalue weighted by molar-refractivity contribution is 0.0746. The predicted octanol–water partition coefficient (Wildman–Crippen LogP) is 5.42. The van der Waals surface area contributed by atoms with Crippen molar-refractivity contribution < 1.29 is 4.79 Å². The van der Waals surface area contributed by atoms with Crippen LogP contribution in [-0.2, 0) is 0 Å². The van der Waals surface area contributed by atoms with Gasteiger partial charge in [-0.3, -0.25) is 4.79 Å². The van der Waals surface area contributed by atoms with Crippen molar-refractivity contribution in [2.75, 3.05) is 35.8 Å². The second-order valence-electron chi connectivity index (χ2n) is 6.85. The minimum atomic E-state index is 0.0895. The summed E-state index contributed by atoms with van der Waals surface area (Å²) in [6, 6.07) is 25.7. The number of para-hydroxylation sites is 1. The van der Waals surface area contributed by atoms with Gasteiger partial charge in [0.25, 0.3) is 5.91 Å². The van der Waals surface area contributed by atoms with Gasteiger partial charge in [-0.25, -0.2) is 0 Å². The zero-order valence-electron chi connectivity index (χ0n) is 15.9. The third-order valence-corrected chi connectivity index (χ3v) is 5.98. The Kier molecular flexibility index (Phi) is 6.27. The molecule has 4 rings (SSSR count). The maximum atomic E-state index is 13.0. The summed E-state index contributed by atoms with van der Waals surface area (Å²) in [5, 5.41) is 0.709. The number of amides is 1. The van der Waals surface area contributed by atoms with E-state index in [1.54, 1.807) is 0 Å². The van der Waals surface area contributed by atoms with E-state index in [4.69, 9.17) is 11.6 Å². The number of halogens is 1. The van der Waals surface area contributed by atoms with Gasteiger partial charge in [0.2, 0.25) is 0 Å². The second-order valence-corrected chi connectivity index (χ2v) is 8.17. The number of benzene rings is 3. The fourth-order valence-electron chi connectivity index (χ4n) is 3.32. The molecule has 1 aliphatic heterocycles. The molecule has 0 saturated carbocycles. The lowest BCUT2D eigenvalue weighted by Crippen LogP contribution is -2.48. The lowest BCUT2D eigenvalue weighted by Gasteiger charge is -2.36. The number of nitrogens with zero attached hydrogens (tertiary/aromatic N) is 2. The van der Waals surface area contributed by atoms with Crippen molar-refractivity contribution in [1.82, 2.24) is 4.90 Å². The highest BCUT2D eigenvalue weighted by molar-refractivity contribution is 8.00. The highest BCUT2D eigenvalue weighted by Crippen LogP contribution is 2.24. The lowest BCUT2D eigenvalue weighted by atomic mass is 10.1. The van der Waals surface area contributed by atoms with E-state index in [1.165, 1.54) is 17.6 Å². The molecular formula is C23H22ClN3OS. The largest absolute Gasteiger partial charge is 0.368 e. The van der Waals surface area contributed by atoms with E-state index >= 15 is 0 Å². The molecule has 6 heteroatoms. The first-order chi connectivity index (χ1) is 14.2. The Bertz CT molecular complexity index is 957. The number of rotatable bonds is 5. The van der Waals surface area contributed by atoms with Gasteiger partial charge < -0.3 is 14.5 Å². The van der Waals surface area contributed by atoms with Gasteiger partial charge in [0.05, 0.1) is 0 Å². The highest BCUT2D eigenvalue weighted by Gasteiger charge is 2.22. The third kappa shape index (κ3) is 5.05. The second kappa shape index (κ2) is 9.25. The summed E-state index contributed by atoms with van der Waals surface area (Å²) in [7, 11) is 0. The molecule has 4 nitrogen and oxygen atoms in total. The van der Waals surface area contributed by atoms with Crippen LogP contribution in [0.3, 0.4) is 0 Å². The maximum absolute atomic E-state index is 13.0. The van der Waals surface area contributed by atoms with Gasteiger partial charge >= 0.3 is 0 Å². The molecule has 29 heavy (non-hydrogen) atoms. The van der Waals surface area contributed by atoms with Gasteiger partial charge in [0, 0.05) is 53.0 Å². The van der Waals surface area contributed by atoms with Crippen LogP contribution in [0.15, 0.2) is 83.8 Å². The van der Waals surface area contributed by atoms with Crippen molar-refractivity contribution in [2.45, 2.75) is 4.90 Å². The first kappa shape index (κ1) is 19.7. The average molecular weight is 424 g/mol. The number of hydrogen-bond acceptors (Lipinski definition) is 4. The van der Waals surface area contributed by atoms with Gasteiger partial charge in [-0.1, -0.05) is 35.9 Å². The molecule has 0 bridgehead atoms. The van der Waals surface area contributed by atoms with E-state index in [2.05, 4.69) is 21.8 Å². The van der Waals surface area contributed by atoms with E-state index in [1.807, 2.05) is 71.6 Å². The average Bonchev–Trinajstić information content (AvgIpc) is 2.79. The summed E-state index contributed by atoms with van der Waals surface area (Å²) >= 11 is 7.41. The molecule has 0 radical (unpaired) electrons. The van der Waals surface area contributed by atoms with Crippen molar-refractivity contribution in [1.29, 1.82) is 0 Å². The molecule has 1 saturated heterocycles. The smallest absolute Gasteiger partial charge is 0.254 e. The standard InChI is InChI=1S/C23H22ClN3OS/c24-19-9-11-20(12-10-19)25-29-22-8-4-5-18(17-22)23(28)27-15-13-26(14-16-27)21-6-2-1-3-7-21/h1-12,17,25H,13-16H2. The SMILES string of the molecule is O=C(c1cccc(SNc2ccc(Cl)cc2)c1)N1CCN(c2ccccc2)CC1. The Labute approximate surface area is 180 Å². The summed E-state index contributed by atoms with van der Waals surface area (Å²) in [5.74, 6) is 0.0895. The molecule has 0 spiro atoms. The van der Waals surface area contributed by atoms with Gasteiger partial charge in [0.15, 0.2) is 0 Å². The Hall–Kier alpha value is -2.63. The number of hydrogen-bond donors (Lipinski definition) is 1. The van der Waals surface area contributed by atoms with Crippen molar-refractivity contribution in [3.8, 4) is 0 Å². The van der Waals surface area contributed by atoms with Crippen LogP contribution >= 0.6 is 23.5 Å². The van der Waals surface area contributed by atoms with Gasteiger partial charge in [-0.05, 0) is 66.5 Å². The number of nitrogens with one attached hydrogen (secondary N) is 1. The first-order valence-corrected chi connectivity index (χ1v) is 10.8. The molecule has 1 N–H and O–H groups in total. The summed E-state index contributed by atoms with van der Waals surface area (Å²) in [6.07, 6.45) is 0. The van der Waals surface area contributed by atoms with E-state index in [9.17, 15) is 4.79 Å². The molecule has 1 fully saturated rings. The molecular weight excluding hydrogens is 402 g/mol. The fraction of sp³-hybridized carbons (Fsp3) is 0.174. The predicted molar refractivity (Wildman–Crippen MR) is 122 cm³/mol. The van der Waals surface area contributed by atoms with Gasteiger partial charge in [-0.2, -0.15) is 0 Å². The molecule has 0 atom stereocenters. The van der Waals surface area contributed by atoms with Crippen LogP contribution in [-0.4, -0.2) is 37.0 Å². The Balaban J connectivity index is 1.35. The van der Waals surface area contributed by atoms with Crippen LogP contribution < -0.4 is 9.62 Å². The molecule has 1 aliphatic rings. The van der Waals surface area contributed by atoms with E-state index < -0.39 is 0 Å². The number of anilines is 2. The van der Waals surface area contributed by atoms with E-state index in [-0.39, 0.29) is 5.91 Å². The van der Waals surface area contributed by atoms with Crippen LogP contribution in [0, 0.1) is 0 Å². The summed E-state index contributed by atoms with van der Waals surface area (Å²) in [5.41, 5.74) is 2.90. The Morgan fingerprint density at radius 3 is 2.31 bits per heavy atom. The zero-order valence-corrected chi connectivity index (χ0v) is 17.5. The molecule has 0 aromatic heterocycles. The topological polar surface area (TPSA) is 35.6 Å². The van der Waals surface area contributed by atoms with Crippen LogP contribution in [0.4, 0.5) is 11.4 Å². The molecule has 0 aliphatic carbocycles. The highest BCUT2D eigenvalue weighted by atomic mass is 35.5. The number of carbonyl (C=O) groups is 1. The minimum Gasteiger partial charge on any atom is -0.368 e. The van der Waals surface area contributed by atoms with Crippen molar-refractivity contribution in [2.24, 2.45) is 0 Å². The normalized spacial score (nSPS) is 14.0. The van der Waals surface area contributed by atoms with Crippen molar-refractivity contribution in [3.63, 3.8) is 0 Å². The van der Waals surface area contributed by atoms with Gasteiger partial charge in [-0.15, -0.1) is 0 Å². The van der Waals surface area contributed by atoms with E-state index in [0.29, 0.717) is 5.02 Å². The number of piperazine rings is 1. The quantitative estimate of drug-likeness (QED) is 0.555. The molecule has 3 aromatic rings. The monoisotopic (exact) mass is 423 g/mol. The molecule has 0 unspecified atom stereocenters. The fourth-order valence-corrected chi connectivity index (χ4v) is 4.15. The minimum absolute atomic E-state index is 0.0895. The van der Waals surface area contributed by atoms with E-state index in [0.717, 1.165) is 42.3 Å². The maximum Gasteiger partial charge on any atom is 0.254 e. The Morgan fingerprint density at radius 1 is 0.862 bits per heavy atom. The summed E-state index contributed by atoms with van der Waals surface area (Å²) in [4.78, 5) is 18.2. The van der Waals surface area contributed by atoms with Gasteiger partial charge in [0.1, 0.15) is 0 Å². The van der Waals surface area contributed by atoms with Crippen LogP contribution in [0.25, 0.3) is 0 Å². The van der Waals surface area contributed by atoms with Crippen LogP contribution in [0.2, 0.25) is 5.02 Å². The molecule has 3 aromatic carbocycles. The van der Waals surface area contributed by atoms with Crippen LogP contribution in [0.5, 0.6) is 0 Å². The zero-order chi connectivity index (χ0) is 20.1. The number of carbonyl (C=O) groups excluding carboxylic acids is 1. The molecule has 1 amide bonds. The van der Waals surface area contributed by atoms with Crippen molar-refractivity contribution in [3.05, 3.63) is 89.4 Å². The summed E-state index contributed by atoms with van der Waals surface area (Å²) < 4.78 is 3.28. The Morgan fingerprint density at radius 2 is 1.59 bits per heavy atom.